The zero-order valence-corrected chi connectivity index (χ0v) is 18.1. The van der Waals surface area contributed by atoms with Gasteiger partial charge in [0.25, 0.3) is 0 Å². The summed E-state index contributed by atoms with van der Waals surface area (Å²) >= 11 is 0. The summed E-state index contributed by atoms with van der Waals surface area (Å²) < 4.78 is 20.0. The molecule has 0 bridgehead atoms. The van der Waals surface area contributed by atoms with Gasteiger partial charge in [-0.1, -0.05) is 24.3 Å². The van der Waals surface area contributed by atoms with E-state index in [1.54, 1.807) is 51.2 Å². The van der Waals surface area contributed by atoms with Crippen molar-refractivity contribution in [3.8, 4) is 22.5 Å². The van der Waals surface area contributed by atoms with Crippen LogP contribution in [0.5, 0.6) is 0 Å². The molecule has 0 aliphatic heterocycles. The minimum atomic E-state index is -0.617. The number of pyridine rings is 1. The predicted molar refractivity (Wildman–Crippen MR) is 122 cm³/mol. The number of aromatic nitrogens is 3. The lowest BCUT2D eigenvalue weighted by Gasteiger charge is -2.19. The lowest BCUT2D eigenvalue weighted by molar-refractivity contribution is 0.0523. The maximum absolute atomic E-state index is 14.8. The minimum Gasteiger partial charge on any atom is -0.444 e. The van der Waals surface area contributed by atoms with E-state index >= 15 is 0 Å². The van der Waals surface area contributed by atoms with Gasteiger partial charge in [0.2, 0.25) is 0 Å². The molecule has 0 spiro atoms. The maximum Gasteiger partial charge on any atom is 0.407 e. The topological polar surface area (TPSA) is 106 Å². The maximum atomic E-state index is 14.8. The Morgan fingerprint density at radius 1 is 1.16 bits per heavy atom. The second-order valence-corrected chi connectivity index (χ2v) is 8.43. The summed E-state index contributed by atoms with van der Waals surface area (Å²) in [5.74, 6) is 0.199. The molecule has 0 aliphatic carbocycles. The zero-order valence-electron chi connectivity index (χ0n) is 18.1. The number of nitrogens with one attached hydrogen (secondary N) is 2. The molecular formula is C24H24FN5O2. The quantitative estimate of drug-likeness (QED) is 0.391. The Morgan fingerprint density at radius 2 is 1.97 bits per heavy atom. The molecule has 0 saturated heterocycles. The Morgan fingerprint density at radius 3 is 2.69 bits per heavy atom. The lowest BCUT2D eigenvalue weighted by Crippen LogP contribution is -2.32. The summed E-state index contributed by atoms with van der Waals surface area (Å²) in [6.45, 7) is 5.33. The smallest absolute Gasteiger partial charge is 0.407 e. The number of nitrogens with zero attached hydrogens (tertiary/aromatic N) is 2. The average molecular weight is 433 g/mol. The van der Waals surface area contributed by atoms with Gasteiger partial charge in [-0.15, -0.1) is 0 Å². The molecule has 4 aromatic rings. The molecule has 32 heavy (non-hydrogen) atoms. The Kier molecular flexibility index (Phi) is 5.52. The molecule has 0 unspecified atom stereocenters. The fraction of sp³-hybridized carbons (Fsp3) is 0.208. The molecule has 4 rings (SSSR count). The summed E-state index contributed by atoms with van der Waals surface area (Å²) in [6.07, 6.45) is 1.04. The molecule has 164 valence electrons. The normalized spacial score (nSPS) is 11.5. The van der Waals surface area contributed by atoms with E-state index in [-0.39, 0.29) is 6.54 Å². The number of hydrogen-bond donors (Lipinski definition) is 3. The van der Waals surface area contributed by atoms with Crippen molar-refractivity contribution < 1.29 is 13.9 Å². The van der Waals surface area contributed by atoms with Gasteiger partial charge in [0, 0.05) is 35.1 Å². The molecule has 2 heterocycles. The monoisotopic (exact) mass is 433 g/mol. The van der Waals surface area contributed by atoms with E-state index in [0.29, 0.717) is 33.8 Å². The molecule has 0 radical (unpaired) electrons. The van der Waals surface area contributed by atoms with Gasteiger partial charge < -0.3 is 20.8 Å². The highest BCUT2D eigenvalue weighted by Crippen LogP contribution is 2.30. The average Bonchev–Trinajstić information content (AvgIpc) is 3.16. The van der Waals surface area contributed by atoms with E-state index in [1.807, 2.05) is 18.2 Å². The molecule has 2 aromatic carbocycles. The number of carbonyl (C=O) groups excluding carboxylic acids is 1. The molecule has 1 amide bonds. The fourth-order valence-electron chi connectivity index (χ4n) is 3.31. The number of halogens is 1. The second kappa shape index (κ2) is 8.30. The van der Waals surface area contributed by atoms with E-state index in [1.165, 1.54) is 6.07 Å². The first kappa shape index (κ1) is 21.3. The zero-order chi connectivity index (χ0) is 22.9. The number of fused-ring (bicyclic) bond motifs is 1. The highest BCUT2D eigenvalue weighted by atomic mass is 19.1. The van der Waals surface area contributed by atoms with Gasteiger partial charge in [-0.3, -0.25) is 0 Å². The number of aromatic amines is 1. The van der Waals surface area contributed by atoms with Crippen LogP contribution in [0.4, 0.5) is 14.9 Å². The number of anilines is 1. The molecule has 2 aromatic heterocycles. The third-order valence-electron chi connectivity index (χ3n) is 4.74. The standard InChI is InChI=1S/C24H24FN5O2/c1-24(2,3)32-23(31)28-13-16-8-7-14(12-19(16)25)18-9-10-27-22-20(18)29-21(30-22)15-5-4-6-17(26)11-15/h4-12H,13,26H2,1-3H3,(H,28,31)(H,27,29,30). The Hall–Kier alpha value is -3.94. The largest absolute Gasteiger partial charge is 0.444 e. The van der Waals surface area contributed by atoms with Gasteiger partial charge in [-0.05, 0) is 50.6 Å². The highest BCUT2D eigenvalue weighted by Gasteiger charge is 2.17. The van der Waals surface area contributed by atoms with Crippen LogP contribution in [0.3, 0.4) is 0 Å². The van der Waals surface area contributed by atoms with Gasteiger partial charge in [0.1, 0.15) is 17.2 Å². The van der Waals surface area contributed by atoms with Crippen molar-refractivity contribution in [3.05, 3.63) is 66.1 Å². The molecule has 7 nitrogen and oxygen atoms in total. The number of benzene rings is 2. The SMILES string of the molecule is CC(C)(C)OC(=O)NCc1ccc(-c2ccnc3nc(-c4cccc(N)c4)[nH]c23)cc1F. The number of carbonyl (C=O) groups is 1. The third kappa shape index (κ3) is 4.69. The minimum absolute atomic E-state index is 0.0242. The summed E-state index contributed by atoms with van der Waals surface area (Å²) in [6, 6.07) is 14.1. The number of hydrogen-bond acceptors (Lipinski definition) is 5. The van der Waals surface area contributed by atoms with E-state index in [4.69, 9.17) is 10.5 Å². The predicted octanol–water partition coefficient (Wildman–Crippen LogP) is 5.04. The molecule has 0 saturated carbocycles. The Balaban J connectivity index is 1.60. The van der Waals surface area contributed by atoms with Crippen LogP contribution in [-0.2, 0) is 11.3 Å². The Labute approximate surface area is 184 Å². The van der Waals surface area contributed by atoms with Crippen molar-refractivity contribution in [1.29, 1.82) is 0 Å². The summed E-state index contributed by atoms with van der Waals surface area (Å²) in [5, 5.41) is 2.57. The molecule has 0 atom stereocenters. The van der Waals surface area contributed by atoms with Gasteiger partial charge in [-0.25, -0.2) is 19.2 Å². The van der Waals surface area contributed by atoms with E-state index in [9.17, 15) is 9.18 Å². The first-order valence-corrected chi connectivity index (χ1v) is 10.2. The number of alkyl carbamates (subject to hydrolysis) is 1. The number of ether oxygens (including phenoxy) is 1. The molecule has 0 aliphatic rings. The van der Waals surface area contributed by atoms with E-state index in [0.717, 1.165) is 11.1 Å². The van der Waals surface area contributed by atoms with Crippen LogP contribution in [0.2, 0.25) is 0 Å². The van der Waals surface area contributed by atoms with Crippen molar-refractivity contribution in [2.75, 3.05) is 5.73 Å². The van der Waals surface area contributed by atoms with Crippen LogP contribution in [0.15, 0.2) is 54.7 Å². The van der Waals surface area contributed by atoms with E-state index in [2.05, 4.69) is 20.3 Å². The first-order chi connectivity index (χ1) is 15.2. The summed E-state index contributed by atoms with van der Waals surface area (Å²) in [7, 11) is 0. The van der Waals surface area contributed by atoms with Crippen molar-refractivity contribution in [2.45, 2.75) is 32.9 Å². The first-order valence-electron chi connectivity index (χ1n) is 10.2. The highest BCUT2D eigenvalue weighted by molar-refractivity contribution is 5.91. The van der Waals surface area contributed by atoms with Crippen molar-refractivity contribution in [2.24, 2.45) is 0 Å². The third-order valence-corrected chi connectivity index (χ3v) is 4.74. The summed E-state index contributed by atoms with van der Waals surface area (Å²) in [5.41, 5.74) is 9.75. The van der Waals surface area contributed by atoms with Gasteiger partial charge in [0.05, 0.1) is 5.52 Å². The number of nitrogen functional groups attached to an aromatic ring is 1. The van der Waals surface area contributed by atoms with Gasteiger partial charge in [-0.2, -0.15) is 0 Å². The lowest BCUT2D eigenvalue weighted by atomic mass is 10.0. The molecular weight excluding hydrogens is 409 g/mol. The number of amides is 1. The van der Waals surface area contributed by atoms with Crippen LogP contribution >= 0.6 is 0 Å². The van der Waals surface area contributed by atoms with Crippen LogP contribution in [-0.4, -0.2) is 26.6 Å². The molecule has 8 heteroatoms. The number of imidazole rings is 1. The second-order valence-electron chi connectivity index (χ2n) is 8.43. The summed E-state index contributed by atoms with van der Waals surface area (Å²) in [4.78, 5) is 24.0. The van der Waals surface area contributed by atoms with Crippen molar-refractivity contribution >= 4 is 22.9 Å². The van der Waals surface area contributed by atoms with Crippen molar-refractivity contribution in [1.82, 2.24) is 20.3 Å². The Bertz CT molecular complexity index is 1290. The molecule has 0 fully saturated rings. The van der Waals surface area contributed by atoms with Gasteiger partial charge in [0.15, 0.2) is 5.65 Å². The van der Waals surface area contributed by atoms with Crippen molar-refractivity contribution in [3.63, 3.8) is 0 Å². The number of rotatable bonds is 4. The van der Waals surface area contributed by atoms with Crippen LogP contribution < -0.4 is 11.1 Å². The fourth-order valence-corrected chi connectivity index (χ4v) is 3.31. The van der Waals surface area contributed by atoms with Crippen LogP contribution in [0.25, 0.3) is 33.7 Å². The molecule has 4 N–H and O–H groups in total. The van der Waals surface area contributed by atoms with Gasteiger partial charge >= 0.3 is 6.09 Å². The number of nitrogens with two attached hydrogens (primary N) is 1. The van der Waals surface area contributed by atoms with E-state index < -0.39 is 17.5 Å². The van der Waals surface area contributed by atoms with Crippen LogP contribution in [0.1, 0.15) is 26.3 Å². The van der Waals surface area contributed by atoms with Crippen LogP contribution in [0, 0.1) is 5.82 Å². The number of H-pyrrole nitrogens is 1.